The molecule has 0 saturated carbocycles. The normalized spacial score (nSPS) is 9.75. The van der Waals surface area contributed by atoms with E-state index < -0.39 is 0 Å². The fourth-order valence-electron chi connectivity index (χ4n) is 1.32. The summed E-state index contributed by atoms with van der Waals surface area (Å²) in [6.45, 7) is 0.655. The lowest BCUT2D eigenvalue weighted by atomic mass is 10.4. The summed E-state index contributed by atoms with van der Waals surface area (Å²) in [5, 5.41) is 8.69. The van der Waals surface area contributed by atoms with Gasteiger partial charge in [-0.3, -0.25) is 0 Å². The van der Waals surface area contributed by atoms with Crippen LogP contribution in [0.2, 0.25) is 0 Å². The summed E-state index contributed by atoms with van der Waals surface area (Å²) in [7, 11) is 1.89. The molecule has 2 aromatic heterocycles. The fourth-order valence-corrected chi connectivity index (χ4v) is 1.32. The molecular weight excluding hydrogens is 204 g/mol. The van der Waals surface area contributed by atoms with Gasteiger partial charge in [-0.25, -0.2) is 15.0 Å². The zero-order valence-electron chi connectivity index (χ0n) is 8.75. The van der Waals surface area contributed by atoms with Gasteiger partial charge in [-0.05, 0) is 6.07 Å². The van der Waals surface area contributed by atoms with Crippen LogP contribution < -0.4 is 4.90 Å². The van der Waals surface area contributed by atoms with Gasteiger partial charge >= 0.3 is 0 Å². The Kier molecular flexibility index (Phi) is 2.78. The smallest absolute Gasteiger partial charge is 0.234 e. The first-order chi connectivity index (χ1) is 7.79. The molecule has 16 heavy (non-hydrogen) atoms. The molecule has 2 aromatic rings. The molecule has 0 atom stereocenters. The van der Waals surface area contributed by atoms with Gasteiger partial charge in [0.1, 0.15) is 11.9 Å². The predicted molar refractivity (Wildman–Crippen MR) is 57.4 cm³/mol. The van der Waals surface area contributed by atoms with Crippen LogP contribution in [0.15, 0.2) is 24.8 Å². The molecular formula is C10H10N6. The molecule has 80 valence electrons. The SMILES string of the molecule is CN(Cc1cnc[nH]1)c1ccnc(C#N)n1. The van der Waals surface area contributed by atoms with Crippen LogP contribution in [0.3, 0.4) is 0 Å². The summed E-state index contributed by atoms with van der Waals surface area (Å²) < 4.78 is 0. The summed E-state index contributed by atoms with van der Waals surface area (Å²) in [4.78, 5) is 16.8. The number of rotatable bonds is 3. The molecule has 0 bridgehead atoms. The van der Waals surface area contributed by atoms with Crippen molar-refractivity contribution in [2.75, 3.05) is 11.9 Å². The van der Waals surface area contributed by atoms with E-state index in [-0.39, 0.29) is 5.82 Å². The van der Waals surface area contributed by atoms with E-state index >= 15 is 0 Å². The van der Waals surface area contributed by atoms with Crippen molar-refractivity contribution in [3.8, 4) is 6.07 Å². The Morgan fingerprint density at radius 2 is 2.44 bits per heavy atom. The molecule has 0 fully saturated rings. The second-order valence-corrected chi connectivity index (χ2v) is 3.28. The first kappa shape index (κ1) is 10.1. The van der Waals surface area contributed by atoms with Crippen LogP contribution in [-0.2, 0) is 6.54 Å². The van der Waals surface area contributed by atoms with Crippen LogP contribution in [0.5, 0.6) is 0 Å². The Balaban J connectivity index is 2.15. The van der Waals surface area contributed by atoms with E-state index in [2.05, 4.69) is 19.9 Å². The molecule has 2 heterocycles. The van der Waals surface area contributed by atoms with E-state index in [9.17, 15) is 0 Å². The molecule has 0 aliphatic heterocycles. The largest absolute Gasteiger partial charge is 0.354 e. The van der Waals surface area contributed by atoms with Gasteiger partial charge < -0.3 is 9.88 Å². The molecule has 6 heteroatoms. The Labute approximate surface area is 92.6 Å². The molecule has 6 nitrogen and oxygen atoms in total. The van der Waals surface area contributed by atoms with Crippen molar-refractivity contribution in [2.45, 2.75) is 6.54 Å². The maximum absolute atomic E-state index is 8.69. The van der Waals surface area contributed by atoms with Crippen LogP contribution in [0, 0.1) is 11.3 Å². The highest BCUT2D eigenvalue weighted by atomic mass is 15.2. The van der Waals surface area contributed by atoms with Crippen LogP contribution in [0.25, 0.3) is 0 Å². The average molecular weight is 214 g/mol. The minimum Gasteiger partial charge on any atom is -0.354 e. The lowest BCUT2D eigenvalue weighted by Gasteiger charge is -2.16. The van der Waals surface area contributed by atoms with Crippen LogP contribution >= 0.6 is 0 Å². The van der Waals surface area contributed by atoms with Gasteiger partial charge in [-0.15, -0.1) is 0 Å². The third kappa shape index (κ3) is 2.15. The summed E-state index contributed by atoms with van der Waals surface area (Å²) in [6.07, 6.45) is 4.96. The van der Waals surface area contributed by atoms with Gasteiger partial charge in [0.15, 0.2) is 0 Å². The maximum atomic E-state index is 8.69. The summed E-state index contributed by atoms with van der Waals surface area (Å²) in [6, 6.07) is 3.67. The minimum absolute atomic E-state index is 0.175. The Bertz CT molecular complexity index is 498. The van der Waals surface area contributed by atoms with E-state index in [4.69, 9.17) is 5.26 Å². The highest BCUT2D eigenvalue weighted by Gasteiger charge is 2.05. The molecule has 0 saturated heterocycles. The van der Waals surface area contributed by atoms with Crippen molar-refractivity contribution >= 4 is 5.82 Å². The number of aromatic nitrogens is 4. The third-order valence-electron chi connectivity index (χ3n) is 2.09. The zero-order valence-corrected chi connectivity index (χ0v) is 8.75. The molecule has 1 N–H and O–H groups in total. The monoisotopic (exact) mass is 214 g/mol. The lowest BCUT2D eigenvalue weighted by molar-refractivity contribution is 0.865. The Morgan fingerprint density at radius 1 is 1.56 bits per heavy atom. The Hall–Kier alpha value is -2.42. The molecule has 0 amide bonds. The number of nitrogens with one attached hydrogen (secondary N) is 1. The Morgan fingerprint density at radius 3 is 3.12 bits per heavy atom. The summed E-state index contributed by atoms with van der Waals surface area (Å²) in [5.74, 6) is 0.884. The fraction of sp³-hybridized carbons (Fsp3) is 0.200. The van der Waals surface area contributed by atoms with Crippen molar-refractivity contribution in [3.05, 3.63) is 36.3 Å². The molecule has 0 aromatic carbocycles. The zero-order chi connectivity index (χ0) is 11.4. The predicted octanol–water partition coefficient (Wildman–Crippen LogP) is 0.708. The standard InChI is InChI=1S/C10H10N6/c1-16(6-8-5-12-7-14-8)10-2-3-13-9(4-11)15-10/h2-3,5,7H,6H2,1H3,(H,12,14). The number of hydrogen-bond donors (Lipinski definition) is 1. The number of aromatic amines is 1. The van der Waals surface area contributed by atoms with Crippen molar-refractivity contribution in [3.63, 3.8) is 0 Å². The van der Waals surface area contributed by atoms with Gasteiger partial charge in [0.05, 0.1) is 18.6 Å². The second-order valence-electron chi connectivity index (χ2n) is 3.28. The van der Waals surface area contributed by atoms with Crippen LogP contribution in [0.1, 0.15) is 11.5 Å². The van der Waals surface area contributed by atoms with Crippen LogP contribution in [0.4, 0.5) is 5.82 Å². The lowest BCUT2D eigenvalue weighted by Crippen LogP contribution is -2.18. The number of nitriles is 1. The van der Waals surface area contributed by atoms with E-state index in [0.717, 1.165) is 5.69 Å². The maximum Gasteiger partial charge on any atom is 0.234 e. The molecule has 0 radical (unpaired) electrons. The van der Waals surface area contributed by atoms with Gasteiger partial charge in [0.2, 0.25) is 5.82 Å². The van der Waals surface area contributed by atoms with Gasteiger partial charge in [-0.2, -0.15) is 5.26 Å². The van der Waals surface area contributed by atoms with Gasteiger partial charge in [0, 0.05) is 19.4 Å². The second kappa shape index (κ2) is 4.40. The van der Waals surface area contributed by atoms with E-state index in [1.807, 2.05) is 18.0 Å². The number of nitrogens with zero attached hydrogens (tertiary/aromatic N) is 5. The number of imidazole rings is 1. The first-order valence-electron chi connectivity index (χ1n) is 4.71. The number of H-pyrrole nitrogens is 1. The van der Waals surface area contributed by atoms with Gasteiger partial charge in [-0.1, -0.05) is 0 Å². The van der Waals surface area contributed by atoms with E-state index in [0.29, 0.717) is 12.4 Å². The molecule has 2 rings (SSSR count). The highest BCUT2D eigenvalue weighted by Crippen LogP contribution is 2.10. The number of anilines is 1. The first-order valence-corrected chi connectivity index (χ1v) is 4.71. The molecule has 0 unspecified atom stereocenters. The molecule has 0 spiro atoms. The molecule has 0 aliphatic rings. The van der Waals surface area contributed by atoms with E-state index in [1.165, 1.54) is 0 Å². The van der Waals surface area contributed by atoms with Crippen molar-refractivity contribution < 1.29 is 0 Å². The van der Waals surface area contributed by atoms with Gasteiger partial charge in [0.25, 0.3) is 0 Å². The van der Waals surface area contributed by atoms with Crippen molar-refractivity contribution in [1.29, 1.82) is 5.26 Å². The average Bonchev–Trinajstić information content (AvgIpc) is 2.82. The molecule has 0 aliphatic carbocycles. The minimum atomic E-state index is 0.175. The van der Waals surface area contributed by atoms with Crippen molar-refractivity contribution in [1.82, 2.24) is 19.9 Å². The third-order valence-corrected chi connectivity index (χ3v) is 2.09. The number of hydrogen-bond acceptors (Lipinski definition) is 5. The quantitative estimate of drug-likeness (QED) is 0.813. The van der Waals surface area contributed by atoms with Crippen molar-refractivity contribution in [2.24, 2.45) is 0 Å². The topological polar surface area (TPSA) is 81.5 Å². The summed E-state index contributed by atoms with van der Waals surface area (Å²) in [5.41, 5.74) is 0.986. The highest BCUT2D eigenvalue weighted by molar-refractivity contribution is 5.38. The summed E-state index contributed by atoms with van der Waals surface area (Å²) >= 11 is 0. The van der Waals surface area contributed by atoms with Crippen LogP contribution in [-0.4, -0.2) is 27.0 Å². The van der Waals surface area contributed by atoms with E-state index in [1.54, 1.807) is 24.8 Å².